The standard InChI is InChI=1S/C14H17F2NO/c15-12-6-5-10(9-13(12)16)14(18)7-8-17-11-3-1-2-4-11/h5-6,9,11,17H,1-4,7-8H2. The van der Waals surface area contributed by atoms with Crippen LogP contribution in [0.5, 0.6) is 0 Å². The van der Waals surface area contributed by atoms with Crippen molar-refractivity contribution in [1.82, 2.24) is 5.32 Å². The summed E-state index contributed by atoms with van der Waals surface area (Å²) in [6.45, 7) is 0.600. The highest BCUT2D eigenvalue weighted by molar-refractivity contribution is 5.96. The Bertz CT molecular complexity index is 428. The van der Waals surface area contributed by atoms with E-state index in [9.17, 15) is 13.6 Å². The second kappa shape index (κ2) is 6.05. The third-order valence-corrected chi connectivity index (χ3v) is 3.38. The number of carbonyl (C=O) groups excluding carboxylic acids is 1. The third kappa shape index (κ3) is 3.35. The van der Waals surface area contributed by atoms with Gasteiger partial charge in [-0.15, -0.1) is 0 Å². The van der Waals surface area contributed by atoms with Crippen molar-refractivity contribution in [2.45, 2.75) is 38.1 Å². The van der Waals surface area contributed by atoms with E-state index in [4.69, 9.17) is 0 Å². The molecular weight excluding hydrogens is 236 g/mol. The molecule has 0 amide bonds. The fourth-order valence-corrected chi connectivity index (χ4v) is 2.33. The number of nitrogens with one attached hydrogen (secondary N) is 1. The predicted molar refractivity (Wildman–Crippen MR) is 65.6 cm³/mol. The molecule has 0 aromatic heterocycles. The number of carbonyl (C=O) groups is 1. The van der Waals surface area contributed by atoms with Crippen LogP contribution >= 0.6 is 0 Å². The summed E-state index contributed by atoms with van der Waals surface area (Å²) in [6, 6.07) is 3.80. The van der Waals surface area contributed by atoms with Crippen LogP contribution in [0.4, 0.5) is 8.78 Å². The zero-order valence-corrected chi connectivity index (χ0v) is 10.2. The van der Waals surface area contributed by atoms with E-state index < -0.39 is 11.6 Å². The van der Waals surface area contributed by atoms with Crippen molar-refractivity contribution in [3.63, 3.8) is 0 Å². The zero-order chi connectivity index (χ0) is 13.0. The molecule has 0 heterocycles. The lowest BCUT2D eigenvalue weighted by Crippen LogP contribution is -2.28. The molecule has 18 heavy (non-hydrogen) atoms. The highest BCUT2D eigenvalue weighted by Gasteiger charge is 2.15. The minimum Gasteiger partial charge on any atom is -0.314 e. The van der Waals surface area contributed by atoms with E-state index in [2.05, 4.69) is 5.32 Å². The Morgan fingerprint density at radius 2 is 1.94 bits per heavy atom. The van der Waals surface area contributed by atoms with E-state index in [0.29, 0.717) is 19.0 Å². The van der Waals surface area contributed by atoms with Crippen molar-refractivity contribution in [2.75, 3.05) is 6.54 Å². The van der Waals surface area contributed by atoms with Gasteiger partial charge in [0.2, 0.25) is 0 Å². The lowest BCUT2D eigenvalue weighted by Gasteiger charge is -2.10. The molecule has 2 nitrogen and oxygen atoms in total. The Morgan fingerprint density at radius 3 is 2.61 bits per heavy atom. The van der Waals surface area contributed by atoms with E-state index in [1.54, 1.807) is 0 Å². The maximum Gasteiger partial charge on any atom is 0.164 e. The maximum atomic E-state index is 13.0. The SMILES string of the molecule is O=C(CCNC1CCCC1)c1ccc(F)c(F)c1. The molecule has 4 heteroatoms. The Morgan fingerprint density at radius 1 is 1.22 bits per heavy atom. The molecular formula is C14H17F2NO. The number of hydrogen-bond donors (Lipinski definition) is 1. The number of hydrogen-bond acceptors (Lipinski definition) is 2. The van der Waals surface area contributed by atoms with Crippen molar-refractivity contribution < 1.29 is 13.6 Å². The normalized spacial score (nSPS) is 16.1. The van der Waals surface area contributed by atoms with Crippen LogP contribution in [0.1, 0.15) is 42.5 Å². The summed E-state index contributed by atoms with van der Waals surface area (Å²) in [5.41, 5.74) is 0.238. The average molecular weight is 253 g/mol. The monoisotopic (exact) mass is 253 g/mol. The van der Waals surface area contributed by atoms with Gasteiger partial charge in [-0.2, -0.15) is 0 Å². The second-order valence-electron chi connectivity index (χ2n) is 4.74. The first-order valence-corrected chi connectivity index (χ1v) is 6.38. The number of rotatable bonds is 5. The quantitative estimate of drug-likeness (QED) is 0.817. The van der Waals surface area contributed by atoms with Gasteiger partial charge in [0.1, 0.15) is 0 Å². The molecule has 0 saturated heterocycles. The molecule has 98 valence electrons. The van der Waals surface area contributed by atoms with Crippen molar-refractivity contribution in [3.05, 3.63) is 35.4 Å². The fourth-order valence-electron chi connectivity index (χ4n) is 2.33. The smallest absolute Gasteiger partial charge is 0.164 e. The van der Waals surface area contributed by atoms with Gasteiger partial charge in [0, 0.05) is 24.6 Å². The lowest BCUT2D eigenvalue weighted by molar-refractivity contribution is 0.0981. The van der Waals surface area contributed by atoms with E-state index in [0.717, 1.165) is 12.1 Å². The van der Waals surface area contributed by atoms with Crippen LogP contribution in [0, 0.1) is 11.6 Å². The van der Waals surface area contributed by atoms with Gasteiger partial charge in [0.25, 0.3) is 0 Å². The van der Waals surface area contributed by atoms with Gasteiger partial charge in [-0.25, -0.2) is 8.78 Å². The topological polar surface area (TPSA) is 29.1 Å². The molecule has 0 bridgehead atoms. The molecule has 1 saturated carbocycles. The van der Waals surface area contributed by atoms with E-state index in [-0.39, 0.29) is 11.3 Å². The Balaban J connectivity index is 1.81. The van der Waals surface area contributed by atoms with Gasteiger partial charge in [-0.05, 0) is 31.0 Å². The van der Waals surface area contributed by atoms with Gasteiger partial charge >= 0.3 is 0 Å². The van der Waals surface area contributed by atoms with Gasteiger partial charge in [-0.1, -0.05) is 12.8 Å². The van der Waals surface area contributed by atoms with Crippen LogP contribution in [0.3, 0.4) is 0 Å². The molecule has 0 atom stereocenters. The summed E-state index contributed by atoms with van der Waals surface area (Å²) < 4.78 is 25.7. The molecule has 0 unspecified atom stereocenters. The van der Waals surface area contributed by atoms with Gasteiger partial charge in [-0.3, -0.25) is 4.79 Å². The first kappa shape index (κ1) is 13.1. The first-order valence-electron chi connectivity index (χ1n) is 6.38. The summed E-state index contributed by atoms with van der Waals surface area (Å²) >= 11 is 0. The first-order chi connectivity index (χ1) is 8.66. The fraction of sp³-hybridized carbons (Fsp3) is 0.500. The van der Waals surface area contributed by atoms with Crippen LogP contribution in [0.25, 0.3) is 0 Å². The van der Waals surface area contributed by atoms with Gasteiger partial charge in [0.05, 0.1) is 0 Å². The molecule has 1 fully saturated rings. The highest BCUT2D eigenvalue weighted by Crippen LogP contribution is 2.17. The largest absolute Gasteiger partial charge is 0.314 e. The Hall–Kier alpha value is -1.29. The molecule has 1 aromatic carbocycles. The summed E-state index contributed by atoms with van der Waals surface area (Å²) in [6.07, 6.45) is 5.14. The van der Waals surface area contributed by atoms with Crippen LogP contribution < -0.4 is 5.32 Å². The molecule has 0 aliphatic heterocycles. The zero-order valence-electron chi connectivity index (χ0n) is 10.2. The van der Waals surface area contributed by atoms with Crippen molar-refractivity contribution in [2.24, 2.45) is 0 Å². The lowest BCUT2D eigenvalue weighted by atomic mass is 10.1. The minimum atomic E-state index is -0.968. The minimum absolute atomic E-state index is 0.153. The second-order valence-corrected chi connectivity index (χ2v) is 4.74. The van der Waals surface area contributed by atoms with E-state index >= 15 is 0 Å². The molecule has 1 N–H and O–H groups in total. The van der Waals surface area contributed by atoms with Crippen molar-refractivity contribution in [1.29, 1.82) is 0 Å². The molecule has 1 aliphatic carbocycles. The van der Waals surface area contributed by atoms with E-state index in [1.165, 1.54) is 31.7 Å². The van der Waals surface area contributed by atoms with Crippen LogP contribution in [-0.4, -0.2) is 18.4 Å². The van der Waals surface area contributed by atoms with E-state index in [1.807, 2.05) is 0 Å². The predicted octanol–water partition coefficient (Wildman–Crippen LogP) is 3.07. The Labute approximate surface area is 105 Å². The molecule has 2 rings (SSSR count). The number of benzene rings is 1. The van der Waals surface area contributed by atoms with Gasteiger partial charge in [0.15, 0.2) is 17.4 Å². The summed E-state index contributed by atoms with van der Waals surface area (Å²) in [5, 5.41) is 3.32. The highest BCUT2D eigenvalue weighted by atomic mass is 19.2. The summed E-state index contributed by atoms with van der Waals surface area (Å²) in [7, 11) is 0. The van der Waals surface area contributed by atoms with Crippen LogP contribution in [0.15, 0.2) is 18.2 Å². The molecule has 1 aromatic rings. The summed E-state index contributed by atoms with van der Waals surface area (Å²) in [4.78, 5) is 11.8. The molecule has 0 spiro atoms. The molecule has 0 radical (unpaired) electrons. The van der Waals surface area contributed by atoms with Crippen LogP contribution in [-0.2, 0) is 0 Å². The van der Waals surface area contributed by atoms with Gasteiger partial charge < -0.3 is 5.32 Å². The van der Waals surface area contributed by atoms with Crippen molar-refractivity contribution >= 4 is 5.78 Å². The number of ketones is 1. The van der Waals surface area contributed by atoms with Crippen LogP contribution in [0.2, 0.25) is 0 Å². The third-order valence-electron chi connectivity index (χ3n) is 3.38. The number of halogens is 2. The van der Waals surface area contributed by atoms with Crippen molar-refractivity contribution in [3.8, 4) is 0 Å². The molecule has 1 aliphatic rings. The maximum absolute atomic E-state index is 13.0. The summed E-state index contributed by atoms with van der Waals surface area (Å²) in [5.74, 6) is -2.04. The Kier molecular flexibility index (Phi) is 4.42. The number of Topliss-reactive ketones (excluding diaryl/α,β-unsaturated/α-hetero) is 1. The average Bonchev–Trinajstić information content (AvgIpc) is 2.85.